The van der Waals surface area contributed by atoms with E-state index >= 15 is 0 Å². The molecule has 25 heavy (non-hydrogen) atoms. The highest BCUT2D eigenvalue weighted by Gasteiger charge is 2.38. The number of hydrogen-bond acceptors (Lipinski definition) is 4. The fraction of sp³-hybridized carbons (Fsp3) is 0.211. The fourth-order valence-electron chi connectivity index (χ4n) is 2.85. The lowest BCUT2D eigenvalue weighted by Gasteiger charge is -2.06. The summed E-state index contributed by atoms with van der Waals surface area (Å²) in [4.78, 5) is 8.91. The van der Waals surface area contributed by atoms with Crippen LogP contribution in [-0.4, -0.2) is 14.5 Å². The summed E-state index contributed by atoms with van der Waals surface area (Å²) in [5, 5.41) is 11.5. The topological polar surface area (TPSA) is 54.5 Å². The second kappa shape index (κ2) is 6.55. The zero-order valence-electron chi connectivity index (χ0n) is 13.6. The quantitative estimate of drug-likeness (QED) is 0.658. The molecule has 4 nitrogen and oxygen atoms in total. The minimum atomic E-state index is 0.183. The molecule has 0 amide bonds. The summed E-state index contributed by atoms with van der Waals surface area (Å²) >= 11 is 7.47. The van der Waals surface area contributed by atoms with Crippen molar-refractivity contribution in [2.45, 2.75) is 22.4 Å². The van der Waals surface area contributed by atoms with Gasteiger partial charge in [0.2, 0.25) is 0 Å². The number of pyridine rings is 1. The summed E-state index contributed by atoms with van der Waals surface area (Å²) in [5.74, 6) is 0.581. The third kappa shape index (κ3) is 3.28. The van der Waals surface area contributed by atoms with Gasteiger partial charge in [-0.15, -0.1) is 0 Å². The summed E-state index contributed by atoms with van der Waals surface area (Å²) in [6.07, 6.45) is 4.44. The third-order valence-electron chi connectivity index (χ3n) is 4.35. The molecule has 0 N–H and O–H groups in total. The van der Waals surface area contributed by atoms with Crippen LogP contribution < -0.4 is 0 Å². The number of aromatic nitrogens is 3. The van der Waals surface area contributed by atoms with Gasteiger partial charge in [0.1, 0.15) is 15.7 Å². The Kier molecular flexibility index (Phi) is 4.24. The van der Waals surface area contributed by atoms with Crippen LogP contribution in [0.3, 0.4) is 0 Å². The summed E-state index contributed by atoms with van der Waals surface area (Å²) in [6.45, 7) is 0. The molecule has 0 radical (unpaired) electrons. The lowest BCUT2D eigenvalue weighted by Crippen LogP contribution is -1.91. The molecule has 0 aliphatic heterocycles. The fourth-order valence-corrected chi connectivity index (χ4v) is 3.86. The molecule has 2 heterocycles. The first-order valence-corrected chi connectivity index (χ1v) is 9.16. The van der Waals surface area contributed by atoms with Crippen molar-refractivity contribution in [3.05, 3.63) is 59.5 Å². The monoisotopic (exact) mass is 366 g/mol. The number of benzene rings is 1. The lowest BCUT2D eigenvalue weighted by molar-refractivity contribution is 0.824. The molecule has 1 aliphatic carbocycles. The molecule has 6 heteroatoms. The lowest BCUT2D eigenvalue weighted by atomic mass is 10.1. The van der Waals surface area contributed by atoms with E-state index in [1.54, 1.807) is 18.0 Å². The highest BCUT2D eigenvalue weighted by atomic mass is 35.5. The molecule has 0 bridgehead atoms. The molecule has 3 aromatic rings. The van der Waals surface area contributed by atoms with Crippen LogP contribution in [0.15, 0.2) is 59.0 Å². The first kappa shape index (κ1) is 16.2. The van der Waals surface area contributed by atoms with Crippen LogP contribution in [0, 0.1) is 17.2 Å². The van der Waals surface area contributed by atoms with Crippen LogP contribution >= 0.6 is 23.4 Å². The predicted molar refractivity (Wildman–Crippen MR) is 98.5 cm³/mol. The molecule has 1 aromatic carbocycles. The number of rotatable bonds is 4. The largest absolute Gasteiger partial charge is 0.328 e. The van der Waals surface area contributed by atoms with Gasteiger partial charge in [-0.2, -0.15) is 5.26 Å². The van der Waals surface area contributed by atoms with E-state index in [0.717, 1.165) is 27.7 Å². The molecule has 4 rings (SSSR count). The molecule has 0 saturated heterocycles. The van der Waals surface area contributed by atoms with Gasteiger partial charge in [-0.1, -0.05) is 35.9 Å². The van der Waals surface area contributed by atoms with E-state index in [9.17, 15) is 0 Å². The van der Waals surface area contributed by atoms with Gasteiger partial charge in [-0.25, -0.2) is 9.97 Å². The van der Waals surface area contributed by atoms with E-state index in [-0.39, 0.29) is 5.92 Å². The van der Waals surface area contributed by atoms with Crippen molar-refractivity contribution in [1.82, 2.24) is 14.5 Å². The van der Waals surface area contributed by atoms with Gasteiger partial charge >= 0.3 is 0 Å². The summed E-state index contributed by atoms with van der Waals surface area (Å²) in [6, 6.07) is 14.5. The van der Waals surface area contributed by atoms with Gasteiger partial charge in [0, 0.05) is 24.7 Å². The Morgan fingerprint density at radius 1 is 1.20 bits per heavy atom. The van der Waals surface area contributed by atoms with E-state index in [1.807, 2.05) is 30.1 Å². The Balaban J connectivity index is 1.61. The van der Waals surface area contributed by atoms with Crippen molar-refractivity contribution < 1.29 is 0 Å². The number of hydrogen-bond donors (Lipinski definition) is 0. The van der Waals surface area contributed by atoms with E-state index in [1.165, 1.54) is 5.56 Å². The standard InChI is InChI=1S/C19H15ClN4S/c1-24-11-23-18(19(24)25-17-7-6-15(20)10-22-17)13-4-2-12(3-5-13)16-8-14(16)9-21/h2-7,10-11,14,16H,8H2,1H3/t14-,16-/m1/s1. The molecule has 1 saturated carbocycles. The molecule has 0 spiro atoms. The highest BCUT2D eigenvalue weighted by molar-refractivity contribution is 7.99. The van der Waals surface area contributed by atoms with Gasteiger partial charge < -0.3 is 4.57 Å². The van der Waals surface area contributed by atoms with Gasteiger partial charge in [0.25, 0.3) is 0 Å². The number of imidazole rings is 1. The first-order valence-electron chi connectivity index (χ1n) is 7.96. The molecule has 0 unspecified atom stereocenters. The second-order valence-electron chi connectivity index (χ2n) is 6.13. The normalized spacial score (nSPS) is 18.8. The molecule has 2 atom stereocenters. The van der Waals surface area contributed by atoms with Crippen molar-refractivity contribution in [1.29, 1.82) is 5.26 Å². The maximum atomic E-state index is 8.99. The number of nitriles is 1. The second-order valence-corrected chi connectivity index (χ2v) is 7.57. The molecule has 2 aromatic heterocycles. The Hall–Kier alpha value is -2.29. The first-order chi connectivity index (χ1) is 12.2. The Morgan fingerprint density at radius 3 is 2.64 bits per heavy atom. The minimum Gasteiger partial charge on any atom is -0.328 e. The van der Waals surface area contributed by atoms with Crippen molar-refractivity contribution >= 4 is 23.4 Å². The molecule has 124 valence electrons. The smallest absolute Gasteiger partial charge is 0.109 e. The Morgan fingerprint density at radius 2 is 2.00 bits per heavy atom. The van der Waals surface area contributed by atoms with E-state index in [2.05, 4.69) is 40.3 Å². The number of aryl methyl sites for hydroxylation is 1. The average molecular weight is 367 g/mol. The zero-order chi connectivity index (χ0) is 17.4. The summed E-state index contributed by atoms with van der Waals surface area (Å²) in [5.41, 5.74) is 3.23. The highest BCUT2D eigenvalue weighted by Crippen LogP contribution is 2.47. The molecule has 1 aliphatic rings. The van der Waals surface area contributed by atoms with Crippen LogP contribution in [-0.2, 0) is 7.05 Å². The van der Waals surface area contributed by atoms with Crippen molar-refractivity contribution in [3.8, 4) is 17.3 Å². The van der Waals surface area contributed by atoms with Crippen LogP contribution in [0.2, 0.25) is 5.02 Å². The molecular formula is C19H15ClN4S. The van der Waals surface area contributed by atoms with Crippen LogP contribution in [0.4, 0.5) is 0 Å². The van der Waals surface area contributed by atoms with Gasteiger partial charge in [0.15, 0.2) is 0 Å². The van der Waals surface area contributed by atoms with Gasteiger partial charge in [0.05, 0.1) is 23.3 Å². The average Bonchev–Trinajstić information content (AvgIpc) is 3.35. The van der Waals surface area contributed by atoms with Crippen LogP contribution in [0.5, 0.6) is 0 Å². The van der Waals surface area contributed by atoms with E-state index in [4.69, 9.17) is 16.9 Å². The predicted octanol–water partition coefficient (Wildman–Crippen LogP) is 4.91. The Bertz CT molecular complexity index is 941. The van der Waals surface area contributed by atoms with Crippen LogP contribution in [0.1, 0.15) is 17.9 Å². The van der Waals surface area contributed by atoms with Crippen molar-refractivity contribution in [2.24, 2.45) is 13.0 Å². The maximum Gasteiger partial charge on any atom is 0.109 e. The SMILES string of the molecule is Cn1cnc(-c2ccc([C@H]3C[C@@H]3C#N)cc2)c1Sc1ccc(Cl)cn1. The van der Waals surface area contributed by atoms with Crippen LogP contribution in [0.25, 0.3) is 11.3 Å². The zero-order valence-corrected chi connectivity index (χ0v) is 15.1. The van der Waals surface area contributed by atoms with Crippen molar-refractivity contribution in [3.63, 3.8) is 0 Å². The van der Waals surface area contributed by atoms with Gasteiger partial charge in [-0.3, -0.25) is 0 Å². The minimum absolute atomic E-state index is 0.183. The maximum absolute atomic E-state index is 8.99. The number of halogens is 1. The van der Waals surface area contributed by atoms with E-state index in [0.29, 0.717) is 10.9 Å². The summed E-state index contributed by atoms with van der Waals surface area (Å²) < 4.78 is 2.00. The molecule has 1 fully saturated rings. The molecular weight excluding hydrogens is 352 g/mol. The summed E-state index contributed by atoms with van der Waals surface area (Å²) in [7, 11) is 1.98. The van der Waals surface area contributed by atoms with Crippen molar-refractivity contribution in [2.75, 3.05) is 0 Å². The third-order valence-corrected chi connectivity index (χ3v) is 5.70. The van der Waals surface area contributed by atoms with E-state index < -0.39 is 0 Å². The van der Waals surface area contributed by atoms with Gasteiger partial charge in [-0.05, 0) is 35.9 Å². The number of nitrogens with zero attached hydrogens (tertiary/aromatic N) is 4. The Labute approximate surface area is 155 Å².